The van der Waals surface area contributed by atoms with Crippen LogP contribution in [0.15, 0.2) is 48.8 Å². The van der Waals surface area contributed by atoms with Crippen LogP contribution >= 0.6 is 0 Å². The Hall–Kier alpha value is -1.97. The molecular formula is C16H17F2NO. The van der Waals surface area contributed by atoms with E-state index in [1.807, 2.05) is 0 Å². The Labute approximate surface area is 117 Å². The van der Waals surface area contributed by atoms with Gasteiger partial charge >= 0.3 is 0 Å². The fraction of sp³-hybridized carbons (Fsp3) is 0.312. The molecule has 2 nitrogen and oxygen atoms in total. The molecule has 0 atom stereocenters. The minimum absolute atomic E-state index is 0.0227. The molecule has 2 aromatic rings. The smallest absolute Gasteiger partial charge is 0.290 e. The number of nitrogens with zero attached hydrogens (tertiary/aromatic N) is 1. The zero-order chi connectivity index (χ0) is 14.8. The van der Waals surface area contributed by atoms with Gasteiger partial charge in [-0.1, -0.05) is 44.2 Å². The lowest BCUT2D eigenvalue weighted by Crippen LogP contribution is -2.20. The maximum absolute atomic E-state index is 14.1. The van der Waals surface area contributed by atoms with Gasteiger partial charge in [-0.3, -0.25) is 4.79 Å². The van der Waals surface area contributed by atoms with Gasteiger partial charge in [0.1, 0.15) is 0 Å². The first-order valence-corrected chi connectivity index (χ1v) is 6.53. The van der Waals surface area contributed by atoms with Crippen molar-refractivity contribution in [3.05, 3.63) is 59.9 Å². The van der Waals surface area contributed by atoms with Gasteiger partial charge in [-0.15, -0.1) is 0 Å². The average molecular weight is 277 g/mol. The molecule has 2 rings (SSSR count). The molecule has 1 aromatic carbocycles. The normalized spacial score (nSPS) is 11.8. The summed E-state index contributed by atoms with van der Waals surface area (Å²) in [4.78, 5) is 11.8. The average Bonchev–Trinajstić information content (AvgIpc) is 2.86. The van der Waals surface area contributed by atoms with Gasteiger partial charge in [-0.25, -0.2) is 0 Å². The number of rotatable bonds is 5. The first-order valence-electron chi connectivity index (χ1n) is 6.53. The second kappa shape index (κ2) is 5.57. The van der Waals surface area contributed by atoms with E-state index in [0.717, 1.165) is 0 Å². The van der Waals surface area contributed by atoms with Crippen LogP contribution in [0.3, 0.4) is 0 Å². The predicted molar refractivity (Wildman–Crippen MR) is 73.9 cm³/mol. The van der Waals surface area contributed by atoms with Crippen molar-refractivity contribution >= 4 is 5.78 Å². The molecule has 106 valence electrons. The number of carbonyl (C=O) groups is 1. The molecule has 0 saturated carbocycles. The van der Waals surface area contributed by atoms with Crippen LogP contribution in [0.25, 0.3) is 0 Å². The maximum atomic E-state index is 14.1. The van der Waals surface area contributed by atoms with Gasteiger partial charge in [-0.2, -0.15) is 8.78 Å². The van der Waals surface area contributed by atoms with Crippen LogP contribution in [0.2, 0.25) is 0 Å². The molecule has 0 unspecified atom stereocenters. The van der Waals surface area contributed by atoms with Crippen molar-refractivity contribution in [1.82, 2.24) is 4.57 Å². The number of aromatic nitrogens is 1. The van der Waals surface area contributed by atoms with Gasteiger partial charge in [-0.05, 0) is 6.07 Å². The summed E-state index contributed by atoms with van der Waals surface area (Å²) >= 11 is 0. The monoisotopic (exact) mass is 277 g/mol. The fourth-order valence-electron chi connectivity index (χ4n) is 2.02. The molecule has 4 heteroatoms. The lowest BCUT2D eigenvalue weighted by Gasteiger charge is -2.17. The van der Waals surface area contributed by atoms with Gasteiger partial charge in [0.25, 0.3) is 5.92 Å². The van der Waals surface area contributed by atoms with Crippen molar-refractivity contribution in [2.75, 3.05) is 0 Å². The number of alkyl halides is 2. The third kappa shape index (κ3) is 3.13. The summed E-state index contributed by atoms with van der Waals surface area (Å²) in [7, 11) is 0. The molecule has 0 aliphatic heterocycles. The zero-order valence-corrected chi connectivity index (χ0v) is 11.5. The van der Waals surface area contributed by atoms with Crippen molar-refractivity contribution in [2.45, 2.75) is 26.3 Å². The summed E-state index contributed by atoms with van der Waals surface area (Å²) in [6, 6.07) is 9.28. The number of Topliss-reactive ketones (excluding diaryl/α,β-unsaturated/α-hetero) is 1. The molecule has 0 N–H and O–H groups in total. The van der Waals surface area contributed by atoms with Crippen LogP contribution in [-0.4, -0.2) is 10.4 Å². The van der Waals surface area contributed by atoms with Crippen LogP contribution in [0.1, 0.15) is 29.8 Å². The van der Waals surface area contributed by atoms with E-state index >= 15 is 0 Å². The van der Waals surface area contributed by atoms with Gasteiger partial charge in [0.2, 0.25) is 0 Å². The number of benzene rings is 1. The quantitative estimate of drug-likeness (QED) is 0.753. The second-order valence-electron chi connectivity index (χ2n) is 5.16. The Balaban J connectivity index is 2.16. The Bertz CT molecular complexity index is 588. The second-order valence-corrected chi connectivity index (χ2v) is 5.16. The Morgan fingerprint density at radius 3 is 2.45 bits per heavy atom. The number of halogens is 2. The zero-order valence-electron chi connectivity index (χ0n) is 11.5. The highest BCUT2D eigenvalue weighted by Crippen LogP contribution is 2.29. The highest BCUT2D eigenvalue weighted by molar-refractivity contribution is 5.97. The topological polar surface area (TPSA) is 22.0 Å². The third-order valence-corrected chi connectivity index (χ3v) is 3.14. The summed E-state index contributed by atoms with van der Waals surface area (Å²) in [5.74, 6) is -3.13. The van der Waals surface area contributed by atoms with Crippen molar-refractivity contribution in [2.24, 2.45) is 5.92 Å². The minimum Gasteiger partial charge on any atom is -0.347 e. The van der Waals surface area contributed by atoms with E-state index < -0.39 is 12.5 Å². The van der Waals surface area contributed by atoms with Crippen LogP contribution < -0.4 is 0 Å². The fourth-order valence-corrected chi connectivity index (χ4v) is 2.02. The van der Waals surface area contributed by atoms with E-state index in [2.05, 4.69) is 0 Å². The molecule has 0 saturated heterocycles. The summed E-state index contributed by atoms with van der Waals surface area (Å²) in [6.07, 6.45) is 3.01. The van der Waals surface area contributed by atoms with Crippen molar-refractivity contribution in [1.29, 1.82) is 0 Å². The molecule has 0 bridgehead atoms. The number of hydrogen-bond acceptors (Lipinski definition) is 1. The van der Waals surface area contributed by atoms with Crippen LogP contribution in [0.5, 0.6) is 0 Å². The Morgan fingerprint density at radius 2 is 1.85 bits per heavy atom. The first kappa shape index (κ1) is 14.4. The summed E-state index contributed by atoms with van der Waals surface area (Å²) in [5.41, 5.74) is 0.453. The third-order valence-electron chi connectivity index (χ3n) is 3.14. The van der Waals surface area contributed by atoms with Gasteiger partial charge in [0.15, 0.2) is 5.78 Å². The number of hydrogen-bond donors (Lipinski definition) is 0. The molecule has 1 heterocycles. The van der Waals surface area contributed by atoms with Gasteiger partial charge < -0.3 is 4.57 Å². The lowest BCUT2D eigenvalue weighted by atomic mass is 10.0. The first-order chi connectivity index (χ1) is 9.40. The van der Waals surface area contributed by atoms with E-state index in [-0.39, 0.29) is 17.3 Å². The molecule has 0 amide bonds. The Morgan fingerprint density at radius 1 is 1.20 bits per heavy atom. The molecule has 1 aromatic heterocycles. The maximum Gasteiger partial charge on any atom is 0.290 e. The van der Waals surface area contributed by atoms with Crippen LogP contribution in [-0.2, 0) is 12.5 Å². The van der Waals surface area contributed by atoms with E-state index in [4.69, 9.17) is 0 Å². The summed E-state index contributed by atoms with van der Waals surface area (Å²) < 4.78 is 29.6. The van der Waals surface area contributed by atoms with Crippen molar-refractivity contribution < 1.29 is 13.6 Å². The van der Waals surface area contributed by atoms with E-state index in [0.29, 0.717) is 5.56 Å². The molecule has 0 fully saturated rings. The van der Waals surface area contributed by atoms with Crippen molar-refractivity contribution in [3.63, 3.8) is 0 Å². The van der Waals surface area contributed by atoms with E-state index in [1.54, 1.807) is 38.1 Å². The van der Waals surface area contributed by atoms with Gasteiger partial charge in [0, 0.05) is 29.4 Å². The van der Waals surface area contributed by atoms with Crippen molar-refractivity contribution in [3.8, 4) is 0 Å². The standard InChI is InChI=1S/C16H17F2NO/c1-12(2)15(20)13-8-9-19(10-13)11-16(17,18)14-6-4-3-5-7-14/h3-10,12H,11H2,1-2H3. The lowest BCUT2D eigenvalue weighted by molar-refractivity contribution is -0.0221. The molecular weight excluding hydrogens is 260 g/mol. The van der Waals surface area contributed by atoms with Crippen LogP contribution in [0.4, 0.5) is 8.78 Å². The minimum atomic E-state index is -2.96. The molecule has 0 spiro atoms. The largest absolute Gasteiger partial charge is 0.347 e. The Kier molecular flexibility index (Phi) is 4.02. The SMILES string of the molecule is CC(C)C(=O)c1ccn(CC(F)(F)c2ccccc2)c1. The molecule has 0 radical (unpaired) electrons. The summed E-state index contributed by atoms with van der Waals surface area (Å²) in [6.45, 7) is 3.11. The number of carbonyl (C=O) groups excluding carboxylic acids is 1. The molecule has 0 aliphatic carbocycles. The highest BCUT2D eigenvalue weighted by Gasteiger charge is 2.31. The number of ketones is 1. The predicted octanol–water partition coefficient (Wildman–Crippen LogP) is 4.12. The van der Waals surface area contributed by atoms with E-state index in [9.17, 15) is 13.6 Å². The summed E-state index contributed by atoms with van der Waals surface area (Å²) in [5, 5.41) is 0. The van der Waals surface area contributed by atoms with E-state index in [1.165, 1.54) is 29.1 Å². The molecule has 20 heavy (non-hydrogen) atoms. The molecule has 0 aliphatic rings. The van der Waals surface area contributed by atoms with Crippen LogP contribution in [0, 0.1) is 5.92 Å². The van der Waals surface area contributed by atoms with Gasteiger partial charge in [0.05, 0.1) is 6.54 Å². The highest BCUT2D eigenvalue weighted by atomic mass is 19.3.